The molecule has 2 aromatic heterocycles. The molecule has 1 aromatic carbocycles. The van der Waals surface area contributed by atoms with Crippen LogP contribution in [0.4, 0.5) is 5.82 Å². The van der Waals surface area contributed by atoms with E-state index in [1.807, 2.05) is 36.4 Å². The number of aryl methyl sites for hydroxylation is 1. The molecule has 3 heterocycles. The molecule has 8 nitrogen and oxygen atoms in total. The topological polar surface area (TPSA) is 84.6 Å². The second-order valence-corrected chi connectivity index (χ2v) is 7.87. The van der Waals surface area contributed by atoms with Crippen LogP contribution in [0.3, 0.4) is 0 Å². The Morgan fingerprint density at radius 3 is 2.63 bits per heavy atom. The summed E-state index contributed by atoms with van der Waals surface area (Å²) in [5.41, 5.74) is 1.73. The van der Waals surface area contributed by atoms with Crippen molar-refractivity contribution in [2.45, 2.75) is 39.2 Å². The van der Waals surface area contributed by atoms with Crippen LogP contribution in [-0.4, -0.2) is 45.9 Å². The minimum absolute atomic E-state index is 0.0243. The molecule has 0 aliphatic carbocycles. The van der Waals surface area contributed by atoms with Gasteiger partial charge in [0, 0.05) is 32.5 Å². The molecule has 1 saturated heterocycles. The highest BCUT2D eigenvalue weighted by molar-refractivity contribution is 5.76. The van der Waals surface area contributed by atoms with E-state index < -0.39 is 0 Å². The molecule has 1 amide bonds. The van der Waals surface area contributed by atoms with Crippen LogP contribution in [0.15, 0.2) is 36.4 Å². The summed E-state index contributed by atoms with van der Waals surface area (Å²) in [6.45, 7) is 4.82. The Kier molecular flexibility index (Phi) is 6.11. The summed E-state index contributed by atoms with van der Waals surface area (Å²) in [4.78, 5) is 14.6. The van der Waals surface area contributed by atoms with Crippen LogP contribution in [0, 0.1) is 5.92 Å². The minimum Gasteiger partial charge on any atom is -0.497 e. The van der Waals surface area contributed by atoms with Crippen LogP contribution in [-0.2, 0) is 17.8 Å². The number of methoxy groups -OCH3 is 1. The van der Waals surface area contributed by atoms with Crippen LogP contribution in [0.25, 0.3) is 5.65 Å². The quantitative estimate of drug-likeness (QED) is 0.647. The smallest absolute Gasteiger partial charge is 0.220 e. The maximum absolute atomic E-state index is 12.3. The Labute approximate surface area is 176 Å². The van der Waals surface area contributed by atoms with Crippen LogP contribution in [0.2, 0.25) is 0 Å². The second-order valence-electron chi connectivity index (χ2n) is 7.87. The van der Waals surface area contributed by atoms with Crippen molar-refractivity contribution in [3.8, 4) is 5.75 Å². The molecule has 0 radical (unpaired) electrons. The van der Waals surface area contributed by atoms with Crippen molar-refractivity contribution in [2.24, 2.45) is 5.92 Å². The Morgan fingerprint density at radius 2 is 1.90 bits per heavy atom. The molecule has 0 saturated carbocycles. The number of nitrogens with one attached hydrogen (secondary N) is 1. The van der Waals surface area contributed by atoms with Gasteiger partial charge in [-0.05, 0) is 48.6 Å². The van der Waals surface area contributed by atoms with Gasteiger partial charge in [0.15, 0.2) is 11.5 Å². The van der Waals surface area contributed by atoms with E-state index in [4.69, 9.17) is 9.84 Å². The fourth-order valence-corrected chi connectivity index (χ4v) is 3.64. The lowest BCUT2D eigenvalue weighted by Gasteiger charge is -2.30. The van der Waals surface area contributed by atoms with E-state index >= 15 is 0 Å². The third kappa shape index (κ3) is 4.69. The Balaban J connectivity index is 1.35. The van der Waals surface area contributed by atoms with Crippen molar-refractivity contribution in [2.75, 3.05) is 25.1 Å². The zero-order chi connectivity index (χ0) is 20.9. The molecule has 30 heavy (non-hydrogen) atoms. The molecule has 4 rings (SSSR count). The number of benzene rings is 1. The third-order valence-electron chi connectivity index (χ3n) is 5.65. The van der Waals surface area contributed by atoms with Gasteiger partial charge >= 0.3 is 0 Å². The predicted molar refractivity (Wildman–Crippen MR) is 115 cm³/mol. The predicted octanol–water partition coefficient (Wildman–Crippen LogP) is 2.62. The fourth-order valence-electron chi connectivity index (χ4n) is 3.64. The van der Waals surface area contributed by atoms with E-state index in [1.54, 1.807) is 11.6 Å². The van der Waals surface area contributed by atoms with Gasteiger partial charge in [0.05, 0.1) is 7.11 Å². The lowest BCUT2D eigenvalue weighted by molar-refractivity contribution is -0.121. The number of carbonyl (C=O) groups excluding carboxylic acids is 1. The highest BCUT2D eigenvalue weighted by Gasteiger charge is 2.18. The lowest BCUT2D eigenvalue weighted by atomic mass is 9.99. The van der Waals surface area contributed by atoms with E-state index in [0.29, 0.717) is 30.9 Å². The van der Waals surface area contributed by atoms with E-state index in [-0.39, 0.29) is 5.91 Å². The van der Waals surface area contributed by atoms with Gasteiger partial charge in [-0.15, -0.1) is 15.3 Å². The molecule has 1 N–H and O–H groups in total. The third-order valence-corrected chi connectivity index (χ3v) is 5.65. The van der Waals surface area contributed by atoms with Gasteiger partial charge in [-0.2, -0.15) is 4.52 Å². The number of anilines is 1. The standard InChI is InChI=1S/C22H28N6O2/c1-16-11-13-27(14-12-16)21-8-7-19-24-25-20(28(19)26-21)9-10-22(29)23-15-17-3-5-18(30-2)6-4-17/h3-8,16H,9-15H2,1-2H3,(H,23,29). The van der Waals surface area contributed by atoms with Crippen LogP contribution in [0.1, 0.15) is 37.6 Å². The molecule has 1 aliphatic rings. The van der Waals surface area contributed by atoms with E-state index in [1.165, 1.54) is 12.8 Å². The number of nitrogens with zero attached hydrogens (tertiary/aromatic N) is 5. The van der Waals surface area contributed by atoms with Gasteiger partial charge in [-0.1, -0.05) is 19.1 Å². The van der Waals surface area contributed by atoms with Crippen molar-refractivity contribution < 1.29 is 9.53 Å². The van der Waals surface area contributed by atoms with E-state index in [0.717, 1.165) is 36.1 Å². The largest absolute Gasteiger partial charge is 0.497 e. The van der Waals surface area contributed by atoms with Crippen molar-refractivity contribution in [1.82, 2.24) is 25.1 Å². The number of piperidine rings is 1. The minimum atomic E-state index is -0.0243. The molecule has 158 valence electrons. The number of amides is 1. The second kappa shape index (κ2) is 9.11. The molecular weight excluding hydrogens is 380 g/mol. The Bertz CT molecular complexity index is 993. The number of hydrogen-bond acceptors (Lipinski definition) is 6. The van der Waals surface area contributed by atoms with Crippen molar-refractivity contribution in [1.29, 1.82) is 0 Å². The summed E-state index contributed by atoms with van der Waals surface area (Å²) in [5, 5.41) is 16.1. The number of rotatable bonds is 7. The van der Waals surface area contributed by atoms with E-state index in [2.05, 4.69) is 27.3 Å². The first-order valence-corrected chi connectivity index (χ1v) is 10.5. The average molecular weight is 409 g/mol. The van der Waals surface area contributed by atoms with Gasteiger partial charge in [0.1, 0.15) is 11.6 Å². The van der Waals surface area contributed by atoms with Crippen LogP contribution >= 0.6 is 0 Å². The molecule has 1 aliphatic heterocycles. The van der Waals surface area contributed by atoms with Gasteiger partial charge in [0.25, 0.3) is 0 Å². The molecule has 0 atom stereocenters. The molecule has 0 unspecified atom stereocenters. The zero-order valence-corrected chi connectivity index (χ0v) is 17.5. The summed E-state index contributed by atoms with van der Waals surface area (Å²) < 4.78 is 6.92. The molecule has 3 aromatic rings. The summed E-state index contributed by atoms with van der Waals surface area (Å²) in [6.07, 6.45) is 3.19. The summed E-state index contributed by atoms with van der Waals surface area (Å²) in [6, 6.07) is 11.6. The molecule has 0 bridgehead atoms. The number of ether oxygens (including phenoxy) is 1. The number of carbonyl (C=O) groups is 1. The van der Waals surface area contributed by atoms with Gasteiger partial charge in [0.2, 0.25) is 5.91 Å². The monoisotopic (exact) mass is 408 g/mol. The number of fused-ring (bicyclic) bond motifs is 1. The van der Waals surface area contributed by atoms with Crippen molar-refractivity contribution >= 4 is 17.4 Å². The average Bonchev–Trinajstić information content (AvgIpc) is 3.19. The fraction of sp³-hybridized carbons (Fsp3) is 0.455. The maximum atomic E-state index is 12.3. The Morgan fingerprint density at radius 1 is 1.13 bits per heavy atom. The van der Waals surface area contributed by atoms with Crippen molar-refractivity contribution in [3.05, 3.63) is 47.8 Å². The van der Waals surface area contributed by atoms with Crippen LogP contribution in [0.5, 0.6) is 5.75 Å². The first-order valence-electron chi connectivity index (χ1n) is 10.5. The zero-order valence-electron chi connectivity index (χ0n) is 17.5. The first kappa shape index (κ1) is 20.1. The van der Waals surface area contributed by atoms with Gasteiger partial charge in [-0.25, -0.2) is 0 Å². The lowest BCUT2D eigenvalue weighted by Crippen LogP contribution is -2.33. The normalized spacial score (nSPS) is 14.8. The van der Waals surface area contributed by atoms with Gasteiger partial charge < -0.3 is 15.0 Å². The first-order chi connectivity index (χ1) is 14.6. The highest BCUT2D eigenvalue weighted by Crippen LogP contribution is 2.21. The summed E-state index contributed by atoms with van der Waals surface area (Å²) in [7, 11) is 1.63. The van der Waals surface area contributed by atoms with Gasteiger partial charge in [-0.3, -0.25) is 4.79 Å². The van der Waals surface area contributed by atoms with Crippen LogP contribution < -0.4 is 15.0 Å². The molecular formula is C22H28N6O2. The summed E-state index contributed by atoms with van der Waals surface area (Å²) >= 11 is 0. The van der Waals surface area contributed by atoms with Crippen molar-refractivity contribution in [3.63, 3.8) is 0 Å². The molecule has 8 heteroatoms. The molecule has 1 fully saturated rings. The highest BCUT2D eigenvalue weighted by atomic mass is 16.5. The SMILES string of the molecule is COc1ccc(CNC(=O)CCc2nnc3ccc(N4CCC(C)CC4)nn23)cc1. The van der Waals surface area contributed by atoms with E-state index in [9.17, 15) is 4.79 Å². The number of hydrogen-bond donors (Lipinski definition) is 1. The summed E-state index contributed by atoms with van der Waals surface area (Å²) in [5.74, 6) is 3.20. The molecule has 0 spiro atoms. The maximum Gasteiger partial charge on any atom is 0.220 e. The Hall–Kier alpha value is -3.16. The number of aromatic nitrogens is 4.